The molecule has 0 radical (unpaired) electrons. The third-order valence-corrected chi connectivity index (χ3v) is 7.58. The molecule has 2 aromatic carbocycles. The molecule has 3 rings (SSSR count). The smallest absolute Gasteiger partial charge is 0.430 e. The number of nitriles is 1. The van der Waals surface area contributed by atoms with Crippen LogP contribution in [0.2, 0.25) is 5.02 Å². The van der Waals surface area contributed by atoms with E-state index in [1.807, 2.05) is 18.9 Å². The molecule has 3 aromatic rings. The lowest BCUT2D eigenvalue weighted by atomic mass is 10.1. The molecule has 13 heteroatoms. The first-order chi connectivity index (χ1) is 17.3. The molecule has 1 amide bonds. The molecular weight excluding hydrogens is 541 g/mol. The SMILES string of the molecule is CCN(C)c1cc(C#N)ccc1Nc1cc(F)c(S(=O)(=O)N(C(=O)OC(C)(C)C)c2cscn2)cc1Cl. The quantitative estimate of drug-likeness (QED) is 0.363. The predicted octanol–water partition coefficient (Wildman–Crippen LogP) is 6.14. The summed E-state index contributed by atoms with van der Waals surface area (Å²) in [7, 11) is -2.98. The van der Waals surface area contributed by atoms with Crippen LogP contribution in [0.5, 0.6) is 0 Å². The van der Waals surface area contributed by atoms with Crippen molar-refractivity contribution in [3.63, 3.8) is 0 Å². The van der Waals surface area contributed by atoms with Gasteiger partial charge in [0.25, 0.3) is 10.0 Å². The first kappa shape index (κ1) is 28.2. The van der Waals surface area contributed by atoms with E-state index in [-0.39, 0.29) is 16.5 Å². The Morgan fingerprint density at radius 2 is 1.97 bits per heavy atom. The zero-order chi connectivity index (χ0) is 27.5. The van der Waals surface area contributed by atoms with Crippen molar-refractivity contribution in [2.75, 3.05) is 28.1 Å². The second kappa shape index (κ2) is 10.9. The van der Waals surface area contributed by atoms with Crippen molar-refractivity contribution in [3.05, 3.63) is 57.6 Å². The highest BCUT2D eigenvalue weighted by Gasteiger charge is 2.38. The van der Waals surface area contributed by atoms with Crippen molar-refractivity contribution in [2.24, 2.45) is 0 Å². The number of hydrogen-bond donors (Lipinski definition) is 1. The van der Waals surface area contributed by atoms with Gasteiger partial charge in [-0.25, -0.2) is 22.6 Å². The lowest BCUT2D eigenvalue weighted by Crippen LogP contribution is -2.41. The summed E-state index contributed by atoms with van der Waals surface area (Å²) in [6.45, 7) is 7.26. The Morgan fingerprint density at radius 1 is 1.27 bits per heavy atom. The number of halogens is 2. The van der Waals surface area contributed by atoms with Gasteiger partial charge in [0.05, 0.1) is 39.2 Å². The number of hydrogen-bond acceptors (Lipinski definition) is 9. The van der Waals surface area contributed by atoms with E-state index in [0.717, 1.165) is 23.5 Å². The molecular formula is C24H25ClFN5O4S2. The molecule has 37 heavy (non-hydrogen) atoms. The molecule has 1 heterocycles. The van der Waals surface area contributed by atoms with E-state index < -0.39 is 32.4 Å². The minimum Gasteiger partial charge on any atom is -0.443 e. The second-order valence-corrected chi connectivity index (χ2v) is 11.7. The van der Waals surface area contributed by atoms with Gasteiger partial charge < -0.3 is 15.0 Å². The zero-order valence-electron chi connectivity index (χ0n) is 20.7. The first-order valence-corrected chi connectivity index (χ1v) is 13.7. The van der Waals surface area contributed by atoms with Crippen molar-refractivity contribution >= 4 is 61.9 Å². The largest absolute Gasteiger partial charge is 0.443 e. The Hall–Kier alpha value is -3.40. The molecule has 0 saturated carbocycles. The van der Waals surface area contributed by atoms with Gasteiger partial charge in [0.2, 0.25) is 0 Å². The van der Waals surface area contributed by atoms with Crippen LogP contribution in [0.25, 0.3) is 0 Å². The van der Waals surface area contributed by atoms with Crippen LogP contribution in [0.3, 0.4) is 0 Å². The number of aromatic nitrogens is 1. The van der Waals surface area contributed by atoms with Gasteiger partial charge >= 0.3 is 6.09 Å². The highest BCUT2D eigenvalue weighted by Crippen LogP contribution is 2.36. The summed E-state index contributed by atoms with van der Waals surface area (Å²) in [5, 5.41) is 13.5. The van der Waals surface area contributed by atoms with Gasteiger partial charge in [0.15, 0.2) is 5.82 Å². The molecule has 0 unspecified atom stereocenters. The predicted molar refractivity (Wildman–Crippen MR) is 143 cm³/mol. The van der Waals surface area contributed by atoms with Crippen molar-refractivity contribution in [2.45, 2.75) is 38.2 Å². The highest BCUT2D eigenvalue weighted by molar-refractivity contribution is 7.93. The Balaban J connectivity index is 2.06. The van der Waals surface area contributed by atoms with Crippen LogP contribution in [0.4, 0.5) is 32.1 Å². The van der Waals surface area contributed by atoms with Gasteiger partial charge in [-0.15, -0.1) is 15.6 Å². The van der Waals surface area contributed by atoms with Crippen LogP contribution in [0.15, 0.2) is 46.1 Å². The van der Waals surface area contributed by atoms with E-state index in [4.69, 9.17) is 16.3 Å². The number of nitrogens with zero attached hydrogens (tertiary/aromatic N) is 4. The molecule has 0 spiro atoms. The summed E-state index contributed by atoms with van der Waals surface area (Å²) in [5.41, 5.74) is 2.03. The van der Waals surface area contributed by atoms with Gasteiger partial charge in [-0.2, -0.15) is 5.26 Å². The second-order valence-electron chi connectivity index (χ2n) is 8.84. The van der Waals surface area contributed by atoms with Gasteiger partial charge in [0, 0.05) is 25.0 Å². The number of thiazole rings is 1. The molecule has 0 saturated heterocycles. The lowest BCUT2D eigenvalue weighted by molar-refractivity contribution is 0.0608. The lowest BCUT2D eigenvalue weighted by Gasteiger charge is -2.26. The average molecular weight is 566 g/mol. The van der Waals surface area contributed by atoms with E-state index in [1.54, 1.807) is 39.0 Å². The number of ether oxygens (including phenoxy) is 1. The third kappa shape index (κ3) is 6.30. The average Bonchev–Trinajstić information content (AvgIpc) is 3.33. The Morgan fingerprint density at radius 3 is 2.54 bits per heavy atom. The van der Waals surface area contributed by atoms with Crippen LogP contribution in [-0.2, 0) is 14.8 Å². The van der Waals surface area contributed by atoms with E-state index in [1.165, 1.54) is 10.9 Å². The van der Waals surface area contributed by atoms with Crippen molar-refractivity contribution in [1.29, 1.82) is 5.26 Å². The van der Waals surface area contributed by atoms with Crippen LogP contribution in [-0.4, -0.2) is 38.7 Å². The minimum absolute atomic E-state index is 0.0889. The van der Waals surface area contributed by atoms with E-state index in [0.29, 0.717) is 27.8 Å². The maximum atomic E-state index is 15.3. The molecule has 0 fully saturated rings. The number of nitrogens with one attached hydrogen (secondary N) is 1. The molecule has 0 bridgehead atoms. The van der Waals surface area contributed by atoms with Crippen LogP contribution >= 0.6 is 22.9 Å². The summed E-state index contributed by atoms with van der Waals surface area (Å²) < 4.78 is 47.9. The topological polar surface area (TPSA) is 116 Å². The van der Waals surface area contributed by atoms with Crippen molar-refractivity contribution in [3.8, 4) is 6.07 Å². The third-order valence-electron chi connectivity index (χ3n) is 5.01. The minimum atomic E-state index is -4.80. The van der Waals surface area contributed by atoms with E-state index in [2.05, 4.69) is 16.4 Å². The Labute approximate surface area is 224 Å². The standard InChI is InChI=1S/C24H25ClFN5O4S2/c1-6-30(5)20-9-15(12-27)7-8-18(20)29-19-11-17(26)21(10-16(19)25)37(33,34)31(22-13-36-14-28-22)23(32)35-24(2,3)4/h7-11,13-14,29H,6H2,1-5H3. The summed E-state index contributed by atoms with van der Waals surface area (Å²) >= 11 is 7.44. The summed E-state index contributed by atoms with van der Waals surface area (Å²) in [6, 6.07) is 8.82. The highest BCUT2D eigenvalue weighted by atomic mass is 35.5. The van der Waals surface area contributed by atoms with Gasteiger partial charge in [-0.1, -0.05) is 11.6 Å². The molecule has 0 aliphatic carbocycles. The van der Waals surface area contributed by atoms with Crippen LogP contribution in [0.1, 0.15) is 33.3 Å². The number of sulfonamides is 1. The molecule has 1 aromatic heterocycles. The maximum Gasteiger partial charge on any atom is 0.430 e. The number of rotatable bonds is 7. The first-order valence-electron chi connectivity index (χ1n) is 11.0. The molecule has 0 aliphatic heterocycles. The van der Waals surface area contributed by atoms with E-state index >= 15 is 4.39 Å². The molecule has 196 valence electrons. The fraction of sp³-hybridized carbons (Fsp3) is 0.292. The Kier molecular flexibility index (Phi) is 8.32. The number of carbonyl (C=O) groups excluding carboxylic acids is 1. The monoisotopic (exact) mass is 565 g/mol. The summed E-state index contributed by atoms with van der Waals surface area (Å²) in [6.07, 6.45) is -1.24. The number of carbonyl (C=O) groups is 1. The van der Waals surface area contributed by atoms with Crippen molar-refractivity contribution in [1.82, 2.24) is 4.98 Å². The normalized spacial score (nSPS) is 11.5. The fourth-order valence-corrected chi connectivity index (χ4v) is 5.39. The summed E-state index contributed by atoms with van der Waals surface area (Å²) in [5.74, 6) is -1.38. The number of amides is 1. The van der Waals surface area contributed by atoms with Gasteiger partial charge in [-0.3, -0.25) is 0 Å². The summed E-state index contributed by atoms with van der Waals surface area (Å²) in [4.78, 5) is 17.8. The van der Waals surface area contributed by atoms with Gasteiger partial charge in [0.1, 0.15) is 16.3 Å². The van der Waals surface area contributed by atoms with Crippen LogP contribution in [0, 0.1) is 17.1 Å². The molecule has 9 nitrogen and oxygen atoms in total. The molecule has 0 atom stereocenters. The maximum absolute atomic E-state index is 15.3. The van der Waals surface area contributed by atoms with Crippen molar-refractivity contribution < 1.29 is 22.3 Å². The zero-order valence-corrected chi connectivity index (χ0v) is 23.1. The van der Waals surface area contributed by atoms with E-state index in [9.17, 15) is 18.5 Å². The molecule has 0 aliphatic rings. The van der Waals surface area contributed by atoms with Crippen LogP contribution < -0.4 is 14.5 Å². The number of benzene rings is 2. The van der Waals surface area contributed by atoms with Gasteiger partial charge in [-0.05, 0) is 52.0 Å². The Bertz CT molecular complexity index is 1450. The number of anilines is 4. The molecule has 1 N–H and O–H groups in total. The fourth-order valence-electron chi connectivity index (χ4n) is 3.18.